The van der Waals surface area contributed by atoms with Crippen molar-refractivity contribution in [3.8, 4) is 0 Å². The predicted octanol–water partition coefficient (Wildman–Crippen LogP) is 1.25. The third-order valence-electron chi connectivity index (χ3n) is 3.28. The highest BCUT2D eigenvalue weighted by Gasteiger charge is 2.48. The molecule has 1 fully saturated rings. The van der Waals surface area contributed by atoms with Gasteiger partial charge in [-0.2, -0.15) is 0 Å². The van der Waals surface area contributed by atoms with Crippen molar-refractivity contribution in [3.05, 3.63) is 0 Å². The molecule has 1 aliphatic carbocycles. The maximum Gasteiger partial charge on any atom is 0.304 e. The van der Waals surface area contributed by atoms with Crippen LogP contribution in [0.5, 0.6) is 0 Å². The van der Waals surface area contributed by atoms with Gasteiger partial charge in [0.2, 0.25) is 0 Å². The van der Waals surface area contributed by atoms with Crippen LogP contribution in [0.15, 0.2) is 0 Å². The van der Waals surface area contributed by atoms with Crippen molar-refractivity contribution in [2.75, 3.05) is 13.2 Å². The van der Waals surface area contributed by atoms with E-state index in [1.807, 2.05) is 6.92 Å². The van der Waals surface area contributed by atoms with Gasteiger partial charge in [-0.05, 0) is 13.3 Å². The van der Waals surface area contributed by atoms with E-state index in [0.717, 1.165) is 13.0 Å². The molecule has 0 saturated heterocycles. The molecule has 0 heterocycles. The number of ether oxygens (including phenoxy) is 1. The van der Waals surface area contributed by atoms with Crippen molar-refractivity contribution in [3.63, 3.8) is 0 Å². The maximum atomic E-state index is 10.4. The van der Waals surface area contributed by atoms with Crippen molar-refractivity contribution in [1.82, 2.24) is 5.32 Å². The van der Waals surface area contributed by atoms with Crippen LogP contribution in [-0.2, 0) is 9.53 Å². The second kappa shape index (κ2) is 4.94. The van der Waals surface area contributed by atoms with E-state index in [0.29, 0.717) is 18.7 Å². The first-order chi connectivity index (χ1) is 6.98. The number of aliphatic carboxylic acids is 1. The lowest BCUT2D eigenvalue weighted by Gasteiger charge is -2.52. The van der Waals surface area contributed by atoms with Gasteiger partial charge in [0.05, 0.1) is 12.5 Å². The zero-order valence-corrected chi connectivity index (χ0v) is 9.75. The van der Waals surface area contributed by atoms with Crippen LogP contribution in [0.1, 0.15) is 33.6 Å². The molecule has 2 unspecified atom stereocenters. The molecule has 2 atom stereocenters. The van der Waals surface area contributed by atoms with Crippen LogP contribution in [0.3, 0.4) is 0 Å². The Morgan fingerprint density at radius 1 is 1.60 bits per heavy atom. The quantitative estimate of drug-likeness (QED) is 0.700. The van der Waals surface area contributed by atoms with Crippen LogP contribution < -0.4 is 5.32 Å². The van der Waals surface area contributed by atoms with Crippen LogP contribution in [0.25, 0.3) is 0 Å². The predicted molar refractivity (Wildman–Crippen MR) is 57.9 cm³/mol. The third-order valence-corrected chi connectivity index (χ3v) is 3.28. The summed E-state index contributed by atoms with van der Waals surface area (Å²) in [5, 5.41) is 11.8. The number of rotatable bonds is 6. The van der Waals surface area contributed by atoms with E-state index >= 15 is 0 Å². The topological polar surface area (TPSA) is 58.6 Å². The first kappa shape index (κ1) is 12.5. The summed E-state index contributed by atoms with van der Waals surface area (Å²) in [6, 6.07) is 0.383. The molecule has 0 spiro atoms. The highest BCUT2D eigenvalue weighted by atomic mass is 16.5. The molecule has 0 bridgehead atoms. The van der Waals surface area contributed by atoms with E-state index in [-0.39, 0.29) is 11.8 Å². The van der Waals surface area contributed by atoms with Gasteiger partial charge in [0, 0.05) is 24.6 Å². The number of nitrogens with one attached hydrogen (secondary N) is 1. The van der Waals surface area contributed by atoms with Gasteiger partial charge in [-0.1, -0.05) is 13.8 Å². The first-order valence-electron chi connectivity index (χ1n) is 5.55. The fourth-order valence-electron chi connectivity index (χ4n) is 2.07. The van der Waals surface area contributed by atoms with Crippen molar-refractivity contribution in [2.45, 2.75) is 45.8 Å². The number of carboxylic acid groups (broad SMARTS) is 1. The molecule has 4 nitrogen and oxygen atoms in total. The van der Waals surface area contributed by atoms with Crippen LogP contribution in [0, 0.1) is 5.41 Å². The molecule has 0 radical (unpaired) electrons. The second-order valence-corrected chi connectivity index (χ2v) is 4.65. The molecule has 0 aromatic carbocycles. The Bertz CT molecular complexity index is 228. The molecule has 0 amide bonds. The van der Waals surface area contributed by atoms with Crippen molar-refractivity contribution in [1.29, 1.82) is 0 Å². The fourth-order valence-corrected chi connectivity index (χ4v) is 2.07. The average molecular weight is 215 g/mol. The average Bonchev–Trinajstić information content (AvgIpc) is 2.15. The Morgan fingerprint density at radius 3 is 2.73 bits per heavy atom. The summed E-state index contributed by atoms with van der Waals surface area (Å²) in [5.41, 5.74) is 0.120. The molecule has 1 saturated carbocycles. The van der Waals surface area contributed by atoms with Gasteiger partial charge in [0.25, 0.3) is 0 Å². The Hall–Kier alpha value is -0.610. The van der Waals surface area contributed by atoms with Gasteiger partial charge >= 0.3 is 5.97 Å². The van der Waals surface area contributed by atoms with Gasteiger partial charge in [-0.15, -0.1) is 0 Å². The van der Waals surface area contributed by atoms with E-state index in [2.05, 4.69) is 19.2 Å². The summed E-state index contributed by atoms with van der Waals surface area (Å²) in [7, 11) is 0. The minimum absolute atomic E-state index is 0.120. The minimum Gasteiger partial charge on any atom is -0.481 e. The molecule has 15 heavy (non-hydrogen) atoms. The van der Waals surface area contributed by atoms with E-state index < -0.39 is 5.97 Å². The molecule has 1 rings (SSSR count). The summed E-state index contributed by atoms with van der Waals surface area (Å²) >= 11 is 0. The van der Waals surface area contributed by atoms with E-state index in [1.54, 1.807) is 0 Å². The van der Waals surface area contributed by atoms with Crippen molar-refractivity contribution >= 4 is 5.97 Å². The highest BCUT2D eigenvalue weighted by molar-refractivity contribution is 5.66. The molecule has 0 aliphatic heterocycles. The standard InChI is InChI=1S/C11H21NO3/c1-4-15-9-7-8(11(9,2)3)12-6-5-10(13)14/h8-9,12H,4-7H2,1-3H3,(H,13,14). The zero-order chi connectivity index (χ0) is 11.5. The Kier molecular flexibility index (Phi) is 4.11. The lowest BCUT2D eigenvalue weighted by molar-refractivity contribution is -0.137. The molecule has 0 aromatic heterocycles. The lowest BCUT2D eigenvalue weighted by atomic mass is 9.64. The maximum absolute atomic E-state index is 10.4. The van der Waals surface area contributed by atoms with Gasteiger partial charge in [0.15, 0.2) is 0 Å². The molecule has 2 N–H and O–H groups in total. The summed E-state index contributed by atoms with van der Waals surface area (Å²) in [5.74, 6) is -0.749. The smallest absolute Gasteiger partial charge is 0.304 e. The van der Waals surface area contributed by atoms with Gasteiger partial charge < -0.3 is 15.2 Å². The zero-order valence-electron chi connectivity index (χ0n) is 9.75. The summed E-state index contributed by atoms with van der Waals surface area (Å²) in [4.78, 5) is 10.4. The SMILES string of the molecule is CCOC1CC(NCCC(=O)O)C1(C)C. The fraction of sp³-hybridized carbons (Fsp3) is 0.909. The van der Waals surface area contributed by atoms with Crippen LogP contribution >= 0.6 is 0 Å². The number of carboxylic acids is 1. The minimum atomic E-state index is -0.749. The van der Waals surface area contributed by atoms with Crippen LogP contribution in [0.2, 0.25) is 0 Å². The normalized spacial score (nSPS) is 28.5. The molecule has 4 heteroatoms. The van der Waals surface area contributed by atoms with Crippen LogP contribution in [0.4, 0.5) is 0 Å². The summed E-state index contributed by atoms with van der Waals surface area (Å²) in [6.07, 6.45) is 1.48. The van der Waals surface area contributed by atoms with E-state index in [9.17, 15) is 4.79 Å². The summed E-state index contributed by atoms with van der Waals surface area (Å²) in [6.45, 7) is 7.62. The van der Waals surface area contributed by atoms with Gasteiger partial charge in [-0.25, -0.2) is 0 Å². The molecule has 1 aliphatic rings. The lowest BCUT2D eigenvalue weighted by Crippen LogP contribution is -2.61. The third kappa shape index (κ3) is 2.92. The molecule has 88 valence electrons. The molecular weight excluding hydrogens is 194 g/mol. The van der Waals surface area contributed by atoms with E-state index in [4.69, 9.17) is 9.84 Å². The highest BCUT2D eigenvalue weighted by Crippen LogP contribution is 2.42. The summed E-state index contributed by atoms with van der Waals surface area (Å²) < 4.78 is 5.59. The van der Waals surface area contributed by atoms with E-state index in [1.165, 1.54) is 0 Å². The van der Waals surface area contributed by atoms with Crippen LogP contribution in [-0.4, -0.2) is 36.4 Å². The monoisotopic (exact) mass is 215 g/mol. The molecule has 0 aromatic rings. The van der Waals surface area contributed by atoms with Gasteiger partial charge in [0.1, 0.15) is 0 Å². The number of hydrogen-bond acceptors (Lipinski definition) is 3. The second-order valence-electron chi connectivity index (χ2n) is 4.65. The Morgan fingerprint density at radius 2 is 2.27 bits per heavy atom. The van der Waals surface area contributed by atoms with Crippen molar-refractivity contribution in [2.24, 2.45) is 5.41 Å². The first-order valence-corrected chi connectivity index (χ1v) is 5.55. The number of hydrogen-bond donors (Lipinski definition) is 2. The Labute approximate surface area is 91.0 Å². The molecular formula is C11H21NO3. The number of carbonyl (C=O) groups is 1. The largest absolute Gasteiger partial charge is 0.481 e. The Balaban J connectivity index is 2.26. The van der Waals surface area contributed by atoms with Gasteiger partial charge in [-0.3, -0.25) is 4.79 Å². The van der Waals surface area contributed by atoms with Crippen molar-refractivity contribution < 1.29 is 14.6 Å².